The van der Waals surface area contributed by atoms with Crippen LogP contribution in [0.25, 0.3) is 5.57 Å². The second-order valence-corrected chi connectivity index (χ2v) is 6.60. The van der Waals surface area contributed by atoms with Crippen molar-refractivity contribution < 1.29 is 9.90 Å². The molecule has 0 fully saturated rings. The molecule has 23 heavy (non-hydrogen) atoms. The summed E-state index contributed by atoms with van der Waals surface area (Å²) in [5, 5.41) is 9.99. The molecular weight excluding hydrogens is 284 g/mol. The SMILES string of the molecule is CCC1=C(CC)C2(CC)C(c3ccccc3)=C(C(=O)O)C12CC. The molecule has 0 heterocycles. The molecule has 0 radical (unpaired) electrons. The average molecular weight is 310 g/mol. The third-order valence-electron chi connectivity index (χ3n) is 6.27. The van der Waals surface area contributed by atoms with Gasteiger partial charge in [-0.1, -0.05) is 69.2 Å². The first-order valence-corrected chi connectivity index (χ1v) is 8.83. The molecular formula is C21H26O2. The van der Waals surface area contributed by atoms with Gasteiger partial charge in [0.2, 0.25) is 0 Å². The maximum atomic E-state index is 12.2. The quantitative estimate of drug-likeness (QED) is 0.708. The minimum atomic E-state index is -0.740. The first kappa shape index (κ1) is 16.0. The Hall–Kier alpha value is -1.83. The fourth-order valence-corrected chi connectivity index (χ4v) is 5.76. The molecule has 0 saturated carbocycles. The predicted molar refractivity (Wildman–Crippen MR) is 94.1 cm³/mol. The van der Waals surface area contributed by atoms with E-state index in [-0.39, 0.29) is 10.8 Å². The minimum Gasteiger partial charge on any atom is -0.478 e. The van der Waals surface area contributed by atoms with Gasteiger partial charge in [0.25, 0.3) is 0 Å². The molecule has 2 heteroatoms. The Morgan fingerprint density at radius 3 is 1.87 bits per heavy atom. The third kappa shape index (κ3) is 1.57. The maximum absolute atomic E-state index is 12.2. The van der Waals surface area contributed by atoms with E-state index in [1.807, 2.05) is 18.2 Å². The lowest BCUT2D eigenvalue weighted by Crippen LogP contribution is -2.63. The van der Waals surface area contributed by atoms with Crippen LogP contribution in [-0.4, -0.2) is 11.1 Å². The normalized spacial score (nSPS) is 29.0. The number of hydrogen-bond donors (Lipinski definition) is 1. The highest BCUT2D eigenvalue weighted by atomic mass is 16.4. The van der Waals surface area contributed by atoms with Crippen LogP contribution in [0.5, 0.6) is 0 Å². The van der Waals surface area contributed by atoms with Crippen molar-refractivity contribution in [2.45, 2.75) is 53.4 Å². The van der Waals surface area contributed by atoms with E-state index in [1.165, 1.54) is 11.1 Å². The summed E-state index contributed by atoms with van der Waals surface area (Å²) < 4.78 is 0. The van der Waals surface area contributed by atoms with Gasteiger partial charge in [0.15, 0.2) is 0 Å². The van der Waals surface area contributed by atoms with Crippen LogP contribution >= 0.6 is 0 Å². The van der Waals surface area contributed by atoms with Crippen LogP contribution < -0.4 is 0 Å². The Balaban J connectivity index is 2.32. The summed E-state index contributed by atoms with van der Waals surface area (Å²) in [4.78, 5) is 12.2. The Bertz CT molecular complexity index is 711. The minimum absolute atomic E-state index is 0.0586. The number of fused-ring (bicyclic) bond motifs is 1. The molecule has 2 aliphatic rings. The van der Waals surface area contributed by atoms with Gasteiger partial charge in [0, 0.05) is 10.8 Å². The number of carboxylic acids is 1. The highest BCUT2D eigenvalue weighted by molar-refractivity contribution is 6.09. The molecule has 0 amide bonds. The molecule has 1 aromatic carbocycles. The van der Waals surface area contributed by atoms with Crippen LogP contribution in [0.2, 0.25) is 0 Å². The topological polar surface area (TPSA) is 37.3 Å². The molecule has 0 aliphatic heterocycles. The van der Waals surface area contributed by atoms with Gasteiger partial charge in [-0.25, -0.2) is 4.79 Å². The van der Waals surface area contributed by atoms with Crippen LogP contribution in [0.1, 0.15) is 58.9 Å². The van der Waals surface area contributed by atoms with Gasteiger partial charge >= 0.3 is 5.97 Å². The highest BCUT2D eigenvalue weighted by Gasteiger charge is 2.73. The van der Waals surface area contributed by atoms with Gasteiger partial charge in [-0.05, 0) is 36.8 Å². The van der Waals surface area contributed by atoms with Gasteiger partial charge in [-0.2, -0.15) is 0 Å². The van der Waals surface area contributed by atoms with Crippen molar-refractivity contribution in [2.24, 2.45) is 10.8 Å². The molecule has 0 spiro atoms. The van der Waals surface area contributed by atoms with E-state index < -0.39 is 5.97 Å². The summed E-state index contributed by atoms with van der Waals surface area (Å²) in [6, 6.07) is 10.1. The monoisotopic (exact) mass is 310 g/mol. The number of allylic oxidation sites excluding steroid dienone is 3. The van der Waals surface area contributed by atoms with Crippen LogP contribution in [0.15, 0.2) is 47.1 Å². The van der Waals surface area contributed by atoms with Crippen molar-refractivity contribution in [3.63, 3.8) is 0 Å². The van der Waals surface area contributed by atoms with E-state index in [0.717, 1.165) is 36.8 Å². The summed E-state index contributed by atoms with van der Waals surface area (Å²) in [5.74, 6) is -0.740. The Morgan fingerprint density at radius 2 is 1.43 bits per heavy atom. The van der Waals surface area contributed by atoms with Crippen LogP contribution in [0.3, 0.4) is 0 Å². The molecule has 2 nitrogen and oxygen atoms in total. The van der Waals surface area contributed by atoms with Crippen molar-refractivity contribution in [1.29, 1.82) is 0 Å². The molecule has 2 atom stereocenters. The summed E-state index contributed by atoms with van der Waals surface area (Å²) in [5.41, 5.74) is 5.40. The smallest absolute Gasteiger partial charge is 0.332 e. The molecule has 0 saturated heterocycles. The molecule has 3 rings (SSSR count). The van der Waals surface area contributed by atoms with E-state index in [1.54, 1.807) is 0 Å². The van der Waals surface area contributed by atoms with E-state index in [4.69, 9.17) is 0 Å². The van der Waals surface area contributed by atoms with Crippen molar-refractivity contribution >= 4 is 11.5 Å². The highest BCUT2D eigenvalue weighted by Crippen LogP contribution is 2.81. The van der Waals surface area contributed by atoms with E-state index >= 15 is 0 Å². The Morgan fingerprint density at radius 1 is 0.913 bits per heavy atom. The zero-order chi connectivity index (χ0) is 16.8. The summed E-state index contributed by atoms with van der Waals surface area (Å²) in [6.45, 7) is 8.75. The van der Waals surface area contributed by atoms with Gasteiger partial charge in [-0.3, -0.25) is 0 Å². The van der Waals surface area contributed by atoms with Crippen LogP contribution in [0.4, 0.5) is 0 Å². The summed E-state index contributed by atoms with van der Waals surface area (Å²) in [7, 11) is 0. The summed E-state index contributed by atoms with van der Waals surface area (Å²) >= 11 is 0. The number of hydrogen-bond acceptors (Lipinski definition) is 1. The molecule has 1 N–H and O–H groups in total. The number of aliphatic carboxylic acids is 1. The maximum Gasteiger partial charge on any atom is 0.332 e. The standard InChI is InChI=1S/C21H26O2/c1-5-15-16(6-2)21(8-4)18(19(22)23)17(20(15,21)7-3)14-12-10-9-11-13-14/h9-13H,5-8H2,1-4H3,(H,22,23). The second-order valence-electron chi connectivity index (χ2n) is 6.60. The van der Waals surface area contributed by atoms with Crippen molar-refractivity contribution in [2.75, 3.05) is 0 Å². The van der Waals surface area contributed by atoms with E-state index in [2.05, 4.69) is 39.8 Å². The Labute approximate surface area is 138 Å². The number of rotatable bonds is 6. The zero-order valence-corrected chi connectivity index (χ0v) is 14.6. The fourth-order valence-electron chi connectivity index (χ4n) is 5.76. The average Bonchev–Trinajstić information content (AvgIpc) is 2.55. The molecule has 0 bridgehead atoms. The largest absolute Gasteiger partial charge is 0.478 e. The lowest BCUT2D eigenvalue weighted by molar-refractivity contribution is -0.136. The third-order valence-corrected chi connectivity index (χ3v) is 6.27. The van der Waals surface area contributed by atoms with Gasteiger partial charge < -0.3 is 5.11 Å². The van der Waals surface area contributed by atoms with Gasteiger partial charge in [-0.15, -0.1) is 0 Å². The zero-order valence-electron chi connectivity index (χ0n) is 14.6. The molecule has 2 unspecified atom stereocenters. The molecule has 2 aliphatic carbocycles. The van der Waals surface area contributed by atoms with Crippen LogP contribution in [0, 0.1) is 10.8 Å². The first-order valence-electron chi connectivity index (χ1n) is 8.83. The molecule has 0 aromatic heterocycles. The second kappa shape index (κ2) is 5.36. The fraction of sp³-hybridized carbons (Fsp3) is 0.476. The van der Waals surface area contributed by atoms with Crippen LogP contribution in [-0.2, 0) is 4.79 Å². The molecule has 122 valence electrons. The van der Waals surface area contributed by atoms with E-state index in [9.17, 15) is 9.90 Å². The molecule has 1 aromatic rings. The van der Waals surface area contributed by atoms with Gasteiger partial charge in [0.05, 0.1) is 5.57 Å². The number of carboxylic acid groups (broad SMARTS) is 1. The number of carbonyl (C=O) groups is 1. The lowest BCUT2D eigenvalue weighted by Gasteiger charge is -2.70. The van der Waals surface area contributed by atoms with Gasteiger partial charge in [0.1, 0.15) is 0 Å². The van der Waals surface area contributed by atoms with Crippen molar-refractivity contribution in [1.82, 2.24) is 0 Å². The van der Waals surface area contributed by atoms with E-state index in [0.29, 0.717) is 5.57 Å². The number of benzene rings is 1. The van der Waals surface area contributed by atoms with Crippen molar-refractivity contribution in [3.8, 4) is 0 Å². The first-order chi connectivity index (χ1) is 11.1. The van der Waals surface area contributed by atoms with Crippen molar-refractivity contribution in [3.05, 3.63) is 52.6 Å². The lowest BCUT2D eigenvalue weighted by atomic mass is 9.31. The summed E-state index contributed by atoms with van der Waals surface area (Å²) in [6.07, 6.45) is 3.83. The predicted octanol–water partition coefficient (Wildman–Crippen LogP) is 5.46. The Kier molecular flexibility index (Phi) is 3.74.